The average molecular weight is 292 g/mol. The number of aliphatic hydroxyl groups is 1. The molecule has 1 aromatic rings. The second-order valence-corrected chi connectivity index (χ2v) is 5.14. The number of amides is 2. The van der Waals surface area contributed by atoms with Crippen LogP contribution in [0.15, 0.2) is 24.3 Å². The van der Waals surface area contributed by atoms with Gasteiger partial charge in [-0.25, -0.2) is 0 Å². The molecule has 2 amide bonds. The maximum Gasteiger partial charge on any atom is 0.243 e. The molecule has 0 spiro atoms. The van der Waals surface area contributed by atoms with Crippen LogP contribution in [0.5, 0.6) is 5.75 Å². The molecule has 114 valence electrons. The van der Waals surface area contributed by atoms with E-state index in [1.54, 1.807) is 0 Å². The standard InChI is InChI=1S/C15H20N2O4/c1-10-4-2-3-5-13(10)21-9-11(18)8-16-12-6-7-14(19)17-15(12)20/h2-5,11-12,16,18H,6-9H2,1H3,(H,17,19,20). The lowest BCUT2D eigenvalue weighted by atomic mass is 10.1. The van der Waals surface area contributed by atoms with Gasteiger partial charge >= 0.3 is 0 Å². The maximum absolute atomic E-state index is 11.5. The molecule has 6 heteroatoms. The number of rotatable bonds is 6. The zero-order valence-corrected chi connectivity index (χ0v) is 12.0. The summed E-state index contributed by atoms with van der Waals surface area (Å²) in [4.78, 5) is 22.6. The molecular formula is C15H20N2O4. The molecule has 0 saturated carbocycles. The maximum atomic E-state index is 11.5. The fraction of sp³-hybridized carbons (Fsp3) is 0.467. The first kappa shape index (κ1) is 15.5. The minimum absolute atomic E-state index is 0.144. The molecule has 1 aromatic carbocycles. The van der Waals surface area contributed by atoms with Crippen LogP contribution in [0.3, 0.4) is 0 Å². The van der Waals surface area contributed by atoms with Crippen LogP contribution < -0.4 is 15.4 Å². The predicted molar refractivity (Wildman–Crippen MR) is 76.9 cm³/mol. The molecule has 0 aromatic heterocycles. The summed E-state index contributed by atoms with van der Waals surface area (Å²) in [5.74, 6) is 0.150. The van der Waals surface area contributed by atoms with Crippen molar-refractivity contribution < 1.29 is 19.4 Å². The molecule has 0 radical (unpaired) electrons. The topological polar surface area (TPSA) is 87.7 Å². The highest BCUT2D eigenvalue weighted by Gasteiger charge is 2.26. The van der Waals surface area contributed by atoms with Gasteiger partial charge in [-0.15, -0.1) is 0 Å². The second kappa shape index (κ2) is 7.19. The van der Waals surface area contributed by atoms with Gasteiger partial charge in [0.25, 0.3) is 0 Å². The number of aryl methyl sites for hydroxylation is 1. The Bertz CT molecular complexity index is 518. The highest BCUT2D eigenvalue weighted by molar-refractivity contribution is 6.00. The molecule has 1 heterocycles. The van der Waals surface area contributed by atoms with Crippen molar-refractivity contribution >= 4 is 11.8 Å². The number of ether oxygens (including phenoxy) is 1. The third kappa shape index (κ3) is 4.54. The summed E-state index contributed by atoms with van der Waals surface area (Å²) in [6, 6.07) is 7.13. The number of hydrogen-bond acceptors (Lipinski definition) is 5. The molecule has 21 heavy (non-hydrogen) atoms. The molecule has 2 rings (SSSR count). The van der Waals surface area contributed by atoms with Gasteiger partial charge in [-0.3, -0.25) is 14.9 Å². The lowest BCUT2D eigenvalue weighted by Crippen LogP contribution is -2.52. The minimum Gasteiger partial charge on any atom is -0.491 e. The number of carbonyl (C=O) groups excluding carboxylic acids is 2. The Hall–Kier alpha value is -1.92. The Morgan fingerprint density at radius 1 is 1.43 bits per heavy atom. The number of imide groups is 1. The Balaban J connectivity index is 1.72. The van der Waals surface area contributed by atoms with Crippen LogP contribution >= 0.6 is 0 Å². The van der Waals surface area contributed by atoms with Crippen LogP contribution in [0.25, 0.3) is 0 Å². The number of nitrogens with one attached hydrogen (secondary N) is 2. The first-order valence-corrected chi connectivity index (χ1v) is 7.00. The molecule has 1 aliphatic rings. The van der Waals surface area contributed by atoms with Crippen molar-refractivity contribution in [2.75, 3.05) is 13.2 Å². The Labute approximate surface area is 123 Å². The Kier molecular flexibility index (Phi) is 5.30. The number of aliphatic hydroxyl groups excluding tert-OH is 1. The highest BCUT2D eigenvalue weighted by Crippen LogP contribution is 2.16. The van der Waals surface area contributed by atoms with Crippen molar-refractivity contribution in [1.82, 2.24) is 10.6 Å². The van der Waals surface area contributed by atoms with E-state index >= 15 is 0 Å². The average Bonchev–Trinajstić information content (AvgIpc) is 2.45. The molecular weight excluding hydrogens is 272 g/mol. The molecule has 3 N–H and O–H groups in total. The third-order valence-corrected chi connectivity index (χ3v) is 3.36. The van der Waals surface area contributed by atoms with Gasteiger partial charge in [0.15, 0.2) is 0 Å². The van der Waals surface area contributed by atoms with Gasteiger partial charge in [0.05, 0.1) is 6.04 Å². The van der Waals surface area contributed by atoms with E-state index in [0.717, 1.165) is 11.3 Å². The van der Waals surface area contributed by atoms with E-state index in [9.17, 15) is 14.7 Å². The largest absolute Gasteiger partial charge is 0.491 e. The number of carbonyl (C=O) groups is 2. The SMILES string of the molecule is Cc1ccccc1OCC(O)CNC1CCC(=O)NC1=O. The Morgan fingerprint density at radius 2 is 2.19 bits per heavy atom. The van der Waals surface area contributed by atoms with Crippen molar-refractivity contribution in [3.8, 4) is 5.75 Å². The highest BCUT2D eigenvalue weighted by atomic mass is 16.5. The van der Waals surface area contributed by atoms with Gasteiger partial charge in [-0.1, -0.05) is 18.2 Å². The summed E-state index contributed by atoms with van der Waals surface area (Å²) in [5, 5.41) is 15.1. The summed E-state index contributed by atoms with van der Waals surface area (Å²) in [7, 11) is 0. The van der Waals surface area contributed by atoms with Gasteiger partial charge in [0.2, 0.25) is 11.8 Å². The lowest BCUT2D eigenvalue weighted by molar-refractivity contribution is -0.134. The van der Waals surface area contributed by atoms with Crippen molar-refractivity contribution in [1.29, 1.82) is 0 Å². The number of hydrogen-bond donors (Lipinski definition) is 3. The summed E-state index contributed by atoms with van der Waals surface area (Å²) >= 11 is 0. The smallest absolute Gasteiger partial charge is 0.243 e. The van der Waals surface area contributed by atoms with E-state index in [2.05, 4.69) is 10.6 Å². The fourth-order valence-electron chi connectivity index (χ4n) is 2.13. The quantitative estimate of drug-likeness (QED) is 0.649. The zero-order chi connectivity index (χ0) is 15.2. The normalized spacial score (nSPS) is 20.0. The van der Waals surface area contributed by atoms with Crippen LogP contribution in [0.4, 0.5) is 0 Å². The molecule has 2 unspecified atom stereocenters. The zero-order valence-electron chi connectivity index (χ0n) is 12.0. The fourth-order valence-corrected chi connectivity index (χ4v) is 2.13. The van der Waals surface area contributed by atoms with E-state index in [-0.39, 0.29) is 25.0 Å². The number of benzene rings is 1. The van der Waals surface area contributed by atoms with Crippen molar-refractivity contribution in [3.05, 3.63) is 29.8 Å². The van der Waals surface area contributed by atoms with Gasteiger partial charge in [-0.2, -0.15) is 0 Å². The first-order valence-electron chi connectivity index (χ1n) is 7.00. The van der Waals surface area contributed by atoms with Gasteiger partial charge < -0.3 is 15.2 Å². The van der Waals surface area contributed by atoms with Gasteiger partial charge in [-0.05, 0) is 25.0 Å². The molecule has 1 saturated heterocycles. The van der Waals surface area contributed by atoms with Crippen LogP contribution in [0, 0.1) is 6.92 Å². The Morgan fingerprint density at radius 3 is 2.90 bits per heavy atom. The summed E-state index contributed by atoms with van der Waals surface area (Å²) in [6.07, 6.45) is 0.0462. The van der Waals surface area contributed by atoms with E-state index in [1.807, 2.05) is 31.2 Å². The molecule has 1 aliphatic heterocycles. The molecule has 0 bridgehead atoms. The summed E-state index contributed by atoms with van der Waals surface area (Å²) in [5.41, 5.74) is 1.00. The van der Waals surface area contributed by atoms with Gasteiger partial charge in [0.1, 0.15) is 18.5 Å². The predicted octanol–water partition coefficient (Wildman–Crippen LogP) is 0.130. The van der Waals surface area contributed by atoms with E-state index in [1.165, 1.54) is 0 Å². The molecule has 2 atom stereocenters. The number of piperidine rings is 1. The van der Waals surface area contributed by atoms with Crippen molar-refractivity contribution in [2.24, 2.45) is 0 Å². The summed E-state index contributed by atoms with van der Waals surface area (Å²) in [6.45, 7) is 2.31. The van der Waals surface area contributed by atoms with Crippen LogP contribution in [-0.2, 0) is 9.59 Å². The first-order chi connectivity index (χ1) is 10.1. The summed E-state index contributed by atoms with van der Waals surface area (Å²) < 4.78 is 5.54. The van der Waals surface area contributed by atoms with E-state index < -0.39 is 12.1 Å². The number of para-hydroxylation sites is 1. The lowest BCUT2D eigenvalue weighted by Gasteiger charge is -2.23. The molecule has 1 fully saturated rings. The van der Waals surface area contributed by atoms with Gasteiger partial charge in [0, 0.05) is 13.0 Å². The minimum atomic E-state index is -0.727. The monoisotopic (exact) mass is 292 g/mol. The third-order valence-electron chi connectivity index (χ3n) is 3.36. The van der Waals surface area contributed by atoms with Crippen LogP contribution in [0.2, 0.25) is 0 Å². The van der Waals surface area contributed by atoms with Crippen LogP contribution in [-0.4, -0.2) is 42.2 Å². The molecule has 0 aliphatic carbocycles. The van der Waals surface area contributed by atoms with E-state index in [0.29, 0.717) is 12.8 Å². The van der Waals surface area contributed by atoms with E-state index in [4.69, 9.17) is 4.74 Å². The van der Waals surface area contributed by atoms with Crippen molar-refractivity contribution in [2.45, 2.75) is 31.9 Å². The molecule has 6 nitrogen and oxygen atoms in total. The van der Waals surface area contributed by atoms with Crippen molar-refractivity contribution in [3.63, 3.8) is 0 Å². The van der Waals surface area contributed by atoms with Crippen LogP contribution in [0.1, 0.15) is 18.4 Å². The second-order valence-electron chi connectivity index (χ2n) is 5.14.